The molecule has 0 spiro atoms. The molecule has 2 heterocycles. The zero-order valence-electron chi connectivity index (χ0n) is 13.0. The molecule has 0 saturated carbocycles. The zero-order chi connectivity index (χ0) is 16.2. The van der Waals surface area contributed by atoms with Crippen molar-refractivity contribution in [1.82, 2.24) is 10.3 Å². The fraction of sp³-hybridized carbons (Fsp3) is 0.412. The lowest BCUT2D eigenvalue weighted by Gasteiger charge is -2.20. The zero-order valence-corrected chi connectivity index (χ0v) is 13.7. The number of oxazole rings is 1. The Labute approximate surface area is 140 Å². The molecular formula is C17H19ClN2O3. The van der Waals surface area contributed by atoms with Crippen molar-refractivity contribution in [1.29, 1.82) is 0 Å². The number of halogens is 1. The summed E-state index contributed by atoms with van der Waals surface area (Å²) in [4.78, 5) is 16.5. The minimum Gasteiger partial charge on any atom is -0.438 e. The Bertz CT molecular complexity index is 676. The fourth-order valence-corrected chi connectivity index (χ4v) is 2.78. The molecule has 1 aromatic heterocycles. The smallest absolute Gasteiger partial charge is 0.225 e. The number of hydrogen-bond acceptors (Lipinski definition) is 4. The quantitative estimate of drug-likeness (QED) is 0.931. The van der Waals surface area contributed by atoms with Crippen molar-refractivity contribution in [2.75, 3.05) is 13.2 Å². The van der Waals surface area contributed by atoms with Crippen LogP contribution in [0.5, 0.6) is 0 Å². The standard InChI is InChI=1S/C17H19ClN2O3/c1-11-16(12-4-6-14(18)7-5-12)23-15(20-11)9-19-17(21)13-3-2-8-22-10-13/h4-7,13H,2-3,8-10H2,1H3,(H,19,21)/t13-/m0/s1. The van der Waals surface area contributed by atoms with E-state index in [1.807, 2.05) is 31.2 Å². The van der Waals surface area contributed by atoms with Crippen molar-refractivity contribution >= 4 is 17.5 Å². The van der Waals surface area contributed by atoms with E-state index >= 15 is 0 Å². The third-order valence-corrected chi connectivity index (χ3v) is 4.14. The second kappa shape index (κ2) is 7.15. The Kier molecular flexibility index (Phi) is 4.98. The molecule has 122 valence electrons. The Morgan fingerprint density at radius 3 is 2.87 bits per heavy atom. The monoisotopic (exact) mass is 334 g/mol. The van der Waals surface area contributed by atoms with Gasteiger partial charge in [-0.2, -0.15) is 0 Å². The maximum atomic E-state index is 12.1. The molecule has 1 N–H and O–H groups in total. The Hall–Kier alpha value is -1.85. The predicted octanol–water partition coefficient (Wildman–Crippen LogP) is 3.35. The normalized spacial score (nSPS) is 17.9. The van der Waals surface area contributed by atoms with E-state index in [0.29, 0.717) is 23.3 Å². The average Bonchev–Trinajstić information content (AvgIpc) is 2.95. The topological polar surface area (TPSA) is 64.4 Å². The van der Waals surface area contributed by atoms with Crippen LogP contribution in [0.3, 0.4) is 0 Å². The highest BCUT2D eigenvalue weighted by atomic mass is 35.5. The van der Waals surface area contributed by atoms with Crippen LogP contribution in [0.2, 0.25) is 5.02 Å². The summed E-state index contributed by atoms with van der Waals surface area (Å²) in [5, 5.41) is 3.55. The van der Waals surface area contributed by atoms with Crippen LogP contribution in [0.25, 0.3) is 11.3 Å². The van der Waals surface area contributed by atoms with Gasteiger partial charge in [0, 0.05) is 17.2 Å². The van der Waals surface area contributed by atoms with E-state index in [1.165, 1.54) is 0 Å². The summed E-state index contributed by atoms with van der Waals surface area (Å²) in [7, 11) is 0. The molecule has 1 atom stereocenters. The minimum absolute atomic E-state index is 0.00593. The van der Waals surface area contributed by atoms with Crippen molar-refractivity contribution < 1.29 is 13.9 Å². The SMILES string of the molecule is Cc1nc(CNC(=O)[C@H]2CCCOC2)oc1-c1ccc(Cl)cc1. The highest BCUT2D eigenvalue weighted by molar-refractivity contribution is 6.30. The summed E-state index contributed by atoms with van der Waals surface area (Å²) >= 11 is 5.90. The van der Waals surface area contributed by atoms with Crippen LogP contribution in [-0.2, 0) is 16.1 Å². The number of aryl methyl sites for hydroxylation is 1. The average molecular weight is 335 g/mol. The number of nitrogens with one attached hydrogen (secondary N) is 1. The second-order valence-corrected chi connectivity index (χ2v) is 6.10. The van der Waals surface area contributed by atoms with E-state index in [1.54, 1.807) is 0 Å². The second-order valence-electron chi connectivity index (χ2n) is 5.66. The molecule has 1 saturated heterocycles. The van der Waals surface area contributed by atoms with Crippen LogP contribution >= 0.6 is 11.6 Å². The first-order valence-electron chi connectivity index (χ1n) is 7.71. The maximum Gasteiger partial charge on any atom is 0.225 e. The molecule has 2 aromatic rings. The molecule has 0 radical (unpaired) electrons. The van der Waals surface area contributed by atoms with Gasteiger partial charge in [0.2, 0.25) is 11.8 Å². The molecule has 1 aromatic carbocycles. The third-order valence-electron chi connectivity index (χ3n) is 3.89. The molecule has 1 aliphatic rings. The van der Waals surface area contributed by atoms with Crippen molar-refractivity contribution in [3.05, 3.63) is 40.9 Å². The molecule has 0 aliphatic carbocycles. The number of benzene rings is 1. The lowest BCUT2D eigenvalue weighted by Crippen LogP contribution is -2.35. The lowest BCUT2D eigenvalue weighted by molar-refractivity contribution is -0.129. The van der Waals surface area contributed by atoms with E-state index in [-0.39, 0.29) is 18.4 Å². The van der Waals surface area contributed by atoms with E-state index < -0.39 is 0 Å². The van der Waals surface area contributed by atoms with Crippen molar-refractivity contribution in [3.63, 3.8) is 0 Å². The first kappa shape index (κ1) is 16.0. The number of nitrogens with zero attached hydrogens (tertiary/aromatic N) is 1. The largest absolute Gasteiger partial charge is 0.438 e. The Morgan fingerprint density at radius 1 is 1.39 bits per heavy atom. The van der Waals surface area contributed by atoms with Crippen LogP contribution in [0.15, 0.2) is 28.7 Å². The van der Waals surface area contributed by atoms with Gasteiger partial charge in [-0.25, -0.2) is 4.98 Å². The van der Waals surface area contributed by atoms with Gasteiger partial charge in [0.1, 0.15) is 0 Å². The highest BCUT2D eigenvalue weighted by Crippen LogP contribution is 2.26. The number of amides is 1. The van der Waals surface area contributed by atoms with Crippen molar-refractivity contribution in [2.24, 2.45) is 5.92 Å². The van der Waals surface area contributed by atoms with Crippen LogP contribution in [0.1, 0.15) is 24.4 Å². The molecule has 23 heavy (non-hydrogen) atoms. The summed E-state index contributed by atoms with van der Waals surface area (Å²) in [6, 6.07) is 7.39. The van der Waals surface area contributed by atoms with Gasteiger partial charge in [0.25, 0.3) is 0 Å². The number of ether oxygens (including phenoxy) is 1. The Balaban J connectivity index is 1.64. The molecular weight excluding hydrogens is 316 g/mol. The number of carbonyl (C=O) groups is 1. The van der Waals surface area contributed by atoms with Gasteiger partial charge in [-0.15, -0.1) is 0 Å². The highest BCUT2D eigenvalue weighted by Gasteiger charge is 2.22. The van der Waals surface area contributed by atoms with Gasteiger partial charge in [0.15, 0.2) is 5.76 Å². The summed E-state index contributed by atoms with van der Waals surface area (Å²) in [6.07, 6.45) is 1.80. The Morgan fingerprint density at radius 2 is 2.17 bits per heavy atom. The van der Waals surface area contributed by atoms with Gasteiger partial charge >= 0.3 is 0 Å². The van der Waals surface area contributed by atoms with E-state index in [2.05, 4.69) is 10.3 Å². The van der Waals surface area contributed by atoms with Crippen LogP contribution in [0.4, 0.5) is 0 Å². The first-order chi connectivity index (χ1) is 11.1. The van der Waals surface area contributed by atoms with Gasteiger partial charge in [-0.3, -0.25) is 4.79 Å². The minimum atomic E-state index is -0.0736. The van der Waals surface area contributed by atoms with Crippen LogP contribution in [-0.4, -0.2) is 24.1 Å². The predicted molar refractivity (Wildman–Crippen MR) is 87.1 cm³/mol. The molecule has 1 amide bonds. The van der Waals surface area contributed by atoms with Gasteiger partial charge < -0.3 is 14.5 Å². The molecule has 1 fully saturated rings. The molecule has 0 unspecified atom stereocenters. The summed E-state index contributed by atoms with van der Waals surface area (Å²) in [6.45, 7) is 3.40. The number of carbonyl (C=O) groups excluding carboxylic acids is 1. The number of rotatable bonds is 4. The fourth-order valence-electron chi connectivity index (χ4n) is 2.65. The molecule has 1 aliphatic heterocycles. The van der Waals surface area contributed by atoms with E-state index in [9.17, 15) is 4.79 Å². The molecule has 3 rings (SSSR count). The van der Waals surface area contributed by atoms with Crippen LogP contribution < -0.4 is 5.32 Å². The third kappa shape index (κ3) is 3.92. The number of aromatic nitrogens is 1. The van der Waals surface area contributed by atoms with Gasteiger partial charge in [-0.05, 0) is 44.0 Å². The summed E-state index contributed by atoms with van der Waals surface area (Å²) in [5.74, 6) is 1.12. The summed E-state index contributed by atoms with van der Waals surface area (Å²) in [5.41, 5.74) is 1.70. The first-order valence-corrected chi connectivity index (χ1v) is 8.09. The molecule has 5 nitrogen and oxygen atoms in total. The van der Waals surface area contributed by atoms with E-state index in [4.69, 9.17) is 20.8 Å². The van der Waals surface area contributed by atoms with Crippen LogP contribution in [0, 0.1) is 12.8 Å². The lowest BCUT2D eigenvalue weighted by atomic mass is 10.0. The molecule has 0 bridgehead atoms. The maximum absolute atomic E-state index is 12.1. The molecule has 6 heteroatoms. The van der Waals surface area contributed by atoms with Gasteiger partial charge in [0.05, 0.1) is 24.8 Å². The van der Waals surface area contributed by atoms with Crippen molar-refractivity contribution in [2.45, 2.75) is 26.3 Å². The number of hydrogen-bond donors (Lipinski definition) is 1. The van der Waals surface area contributed by atoms with E-state index in [0.717, 1.165) is 30.7 Å². The van der Waals surface area contributed by atoms with Crippen molar-refractivity contribution in [3.8, 4) is 11.3 Å². The van der Waals surface area contributed by atoms with Gasteiger partial charge in [-0.1, -0.05) is 11.6 Å². The summed E-state index contributed by atoms with van der Waals surface area (Å²) < 4.78 is 11.1.